The maximum absolute atomic E-state index is 13.6. The van der Waals surface area contributed by atoms with E-state index in [4.69, 9.17) is 14.2 Å². The molecule has 0 unspecified atom stereocenters. The minimum Gasteiger partial charge on any atom is -0.497 e. The molecular weight excluding hydrogens is 430 g/mol. The van der Waals surface area contributed by atoms with Crippen molar-refractivity contribution >= 4 is 12.0 Å². The van der Waals surface area contributed by atoms with Crippen LogP contribution in [0.1, 0.15) is 42.1 Å². The number of methoxy groups -OCH3 is 2. The second kappa shape index (κ2) is 9.25. The second-order valence-corrected chi connectivity index (χ2v) is 8.68. The number of likely N-dealkylation sites (tertiary alicyclic amines) is 1. The molecule has 1 aromatic heterocycles. The summed E-state index contributed by atoms with van der Waals surface area (Å²) in [6, 6.07) is 11.9. The van der Waals surface area contributed by atoms with Gasteiger partial charge in [0.1, 0.15) is 17.2 Å². The molecule has 1 atom stereocenters. The standard InChI is InChI=1S/C27H29N3O4/c1-18-16-29(17-28-18)24-9-6-19(14-26(24)33-3)13-20-5-4-11-30(27(20)31)23-10-12-34-25-15-21(32-2)7-8-22(23)25/h6-9,13-17,23H,4-5,10-12H2,1-3H3/t23-/m0/s1. The Labute approximate surface area is 199 Å². The zero-order chi connectivity index (χ0) is 23.7. The minimum atomic E-state index is 0.00671. The number of carbonyl (C=O) groups is 1. The van der Waals surface area contributed by atoms with Crippen LogP contribution in [-0.2, 0) is 4.79 Å². The van der Waals surface area contributed by atoms with Crippen LogP contribution in [0.5, 0.6) is 17.2 Å². The largest absolute Gasteiger partial charge is 0.497 e. The third-order valence-corrected chi connectivity index (χ3v) is 6.52. The van der Waals surface area contributed by atoms with Gasteiger partial charge in [-0.05, 0) is 55.7 Å². The van der Waals surface area contributed by atoms with Crippen LogP contribution >= 0.6 is 0 Å². The van der Waals surface area contributed by atoms with Gasteiger partial charge in [0.25, 0.3) is 0 Å². The van der Waals surface area contributed by atoms with E-state index in [1.54, 1.807) is 20.5 Å². The fourth-order valence-electron chi connectivity index (χ4n) is 4.82. The van der Waals surface area contributed by atoms with Gasteiger partial charge in [0.15, 0.2) is 0 Å². The summed E-state index contributed by atoms with van der Waals surface area (Å²) in [5.41, 5.74) is 4.66. The van der Waals surface area contributed by atoms with Crippen LogP contribution in [0, 0.1) is 6.92 Å². The molecule has 3 heterocycles. The first-order valence-electron chi connectivity index (χ1n) is 11.6. The molecule has 0 radical (unpaired) electrons. The lowest BCUT2D eigenvalue weighted by Gasteiger charge is -2.38. The number of hydrogen-bond acceptors (Lipinski definition) is 5. The Hall–Kier alpha value is -3.74. The first-order chi connectivity index (χ1) is 16.6. The van der Waals surface area contributed by atoms with Crippen LogP contribution in [0.2, 0.25) is 0 Å². The lowest BCUT2D eigenvalue weighted by Crippen LogP contribution is -2.41. The maximum Gasteiger partial charge on any atom is 0.250 e. The molecule has 1 fully saturated rings. The van der Waals surface area contributed by atoms with Crippen LogP contribution in [0.4, 0.5) is 0 Å². The highest BCUT2D eigenvalue weighted by Gasteiger charge is 2.34. The van der Waals surface area contributed by atoms with E-state index in [9.17, 15) is 4.79 Å². The van der Waals surface area contributed by atoms with Crippen molar-refractivity contribution in [2.75, 3.05) is 27.4 Å². The molecule has 176 valence electrons. The molecule has 0 N–H and O–H groups in total. The average molecular weight is 460 g/mol. The van der Waals surface area contributed by atoms with Crippen molar-refractivity contribution in [2.24, 2.45) is 0 Å². The smallest absolute Gasteiger partial charge is 0.250 e. The van der Waals surface area contributed by atoms with Gasteiger partial charge in [0.05, 0.1) is 44.6 Å². The fourth-order valence-corrected chi connectivity index (χ4v) is 4.82. The Morgan fingerprint density at radius 2 is 2.03 bits per heavy atom. The molecule has 7 nitrogen and oxygen atoms in total. The molecule has 0 spiro atoms. The molecule has 5 rings (SSSR count). The number of benzene rings is 2. The minimum absolute atomic E-state index is 0.00671. The summed E-state index contributed by atoms with van der Waals surface area (Å²) >= 11 is 0. The number of nitrogens with zero attached hydrogens (tertiary/aromatic N) is 3. The predicted octanol–water partition coefficient (Wildman–Crippen LogP) is 4.73. The highest BCUT2D eigenvalue weighted by molar-refractivity contribution is 5.99. The molecule has 0 aliphatic carbocycles. The summed E-state index contributed by atoms with van der Waals surface area (Å²) in [5, 5.41) is 0. The van der Waals surface area contributed by atoms with Crippen LogP contribution in [0.3, 0.4) is 0 Å². The second-order valence-electron chi connectivity index (χ2n) is 8.68. The van der Waals surface area contributed by atoms with Crippen molar-refractivity contribution in [3.63, 3.8) is 0 Å². The average Bonchev–Trinajstić information content (AvgIpc) is 3.30. The van der Waals surface area contributed by atoms with Gasteiger partial charge >= 0.3 is 0 Å². The monoisotopic (exact) mass is 459 g/mol. The van der Waals surface area contributed by atoms with Gasteiger partial charge in [-0.3, -0.25) is 4.79 Å². The van der Waals surface area contributed by atoms with Crippen molar-refractivity contribution < 1.29 is 19.0 Å². The summed E-state index contributed by atoms with van der Waals surface area (Å²) in [7, 11) is 3.30. The Morgan fingerprint density at radius 1 is 1.15 bits per heavy atom. The van der Waals surface area contributed by atoms with E-state index in [1.807, 2.05) is 65.1 Å². The third-order valence-electron chi connectivity index (χ3n) is 6.52. The molecule has 3 aromatic rings. The maximum atomic E-state index is 13.6. The van der Waals surface area contributed by atoms with Gasteiger partial charge in [-0.15, -0.1) is 0 Å². The molecule has 0 bridgehead atoms. The number of piperidine rings is 1. The lowest BCUT2D eigenvalue weighted by atomic mass is 9.93. The molecular formula is C27H29N3O4. The summed E-state index contributed by atoms with van der Waals surface area (Å²) in [6.07, 6.45) is 8.21. The van der Waals surface area contributed by atoms with Gasteiger partial charge in [0.2, 0.25) is 5.91 Å². The van der Waals surface area contributed by atoms with E-state index >= 15 is 0 Å². The third kappa shape index (κ3) is 4.14. The van der Waals surface area contributed by atoms with E-state index < -0.39 is 0 Å². The van der Waals surface area contributed by atoms with E-state index in [0.29, 0.717) is 6.61 Å². The van der Waals surface area contributed by atoms with Crippen molar-refractivity contribution in [1.29, 1.82) is 0 Å². The van der Waals surface area contributed by atoms with Gasteiger partial charge in [0, 0.05) is 36.4 Å². The van der Waals surface area contributed by atoms with Gasteiger partial charge in [-0.1, -0.05) is 6.07 Å². The molecule has 2 aliphatic rings. The van der Waals surface area contributed by atoms with Crippen molar-refractivity contribution in [1.82, 2.24) is 14.5 Å². The molecule has 0 saturated carbocycles. The van der Waals surface area contributed by atoms with Gasteiger partial charge in [-0.25, -0.2) is 4.98 Å². The Balaban J connectivity index is 1.42. The number of amides is 1. The normalized spacial score (nSPS) is 19.0. The van der Waals surface area contributed by atoms with E-state index in [1.165, 1.54) is 0 Å². The van der Waals surface area contributed by atoms with Crippen molar-refractivity contribution in [3.8, 4) is 22.9 Å². The Bertz CT molecular complexity index is 1250. The number of rotatable bonds is 5. The first kappa shape index (κ1) is 22.1. The topological polar surface area (TPSA) is 65.8 Å². The SMILES string of the molecule is COc1ccc2c(c1)OCC[C@@H]2N1CCCC(=Cc2ccc(-n3cnc(C)c3)c(OC)c2)C1=O. The number of fused-ring (bicyclic) bond motifs is 1. The fraction of sp³-hybridized carbons (Fsp3) is 0.333. The number of carbonyl (C=O) groups excluding carboxylic acids is 1. The number of aryl methyl sites for hydroxylation is 1. The predicted molar refractivity (Wildman–Crippen MR) is 130 cm³/mol. The molecule has 2 aliphatic heterocycles. The molecule has 1 saturated heterocycles. The van der Waals surface area contributed by atoms with Gasteiger partial charge < -0.3 is 23.7 Å². The molecule has 2 aromatic carbocycles. The highest BCUT2D eigenvalue weighted by atomic mass is 16.5. The zero-order valence-corrected chi connectivity index (χ0v) is 19.8. The number of ether oxygens (including phenoxy) is 3. The first-order valence-corrected chi connectivity index (χ1v) is 11.6. The highest BCUT2D eigenvalue weighted by Crippen LogP contribution is 2.40. The van der Waals surface area contributed by atoms with Crippen LogP contribution in [-0.4, -0.2) is 47.7 Å². The summed E-state index contributed by atoms with van der Waals surface area (Å²) < 4.78 is 18.8. The van der Waals surface area contributed by atoms with E-state index in [-0.39, 0.29) is 11.9 Å². The summed E-state index contributed by atoms with van der Waals surface area (Å²) in [6.45, 7) is 3.28. The summed E-state index contributed by atoms with van der Waals surface area (Å²) in [5.74, 6) is 2.38. The van der Waals surface area contributed by atoms with E-state index in [0.717, 1.165) is 71.1 Å². The van der Waals surface area contributed by atoms with Crippen LogP contribution in [0.15, 0.2) is 54.5 Å². The molecule has 1 amide bonds. The summed E-state index contributed by atoms with van der Waals surface area (Å²) in [4.78, 5) is 19.9. The Morgan fingerprint density at radius 3 is 2.79 bits per heavy atom. The Kier molecular flexibility index (Phi) is 6.01. The number of aromatic nitrogens is 2. The quantitative estimate of drug-likeness (QED) is 0.516. The van der Waals surface area contributed by atoms with Crippen LogP contribution in [0.25, 0.3) is 11.8 Å². The van der Waals surface area contributed by atoms with Crippen molar-refractivity contribution in [2.45, 2.75) is 32.2 Å². The van der Waals surface area contributed by atoms with E-state index in [2.05, 4.69) is 4.98 Å². The van der Waals surface area contributed by atoms with Crippen molar-refractivity contribution in [3.05, 3.63) is 71.3 Å². The number of hydrogen-bond donors (Lipinski definition) is 0. The van der Waals surface area contributed by atoms with Gasteiger partial charge in [-0.2, -0.15) is 0 Å². The molecule has 34 heavy (non-hydrogen) atoms. The molecule has 7 heteroatoms. The zero-order valence-electron chi connectivity index (χ0n) is 19.8. The van der Waals surface area contributed by atoms with Crippen LogP contribution < -0.4 is 14.2 Å². The number of imidazole rings is 1. The lowest BCUT2D eigenvalue weighted by molar-refractivity contribution is -0.131.